The van der Waals surface area contributed by atoms with Crippen molar-refractivity contribution in [2.24, 2.45) is 0 Å². The smallest absolute Gasteiger partial charge is 0.133 e. The van der Waals surface area contributed by atoms with Crippen LogP contribution in [0.2, 0.25) is 5.02 Å². The number of hydrogen-bond acceptors (Lipinski definition) is 2. The number of hydrogen-bond donors (Lipinski definition) is 1. The first-order valence-electron chi connectivity index (χ1n) is 6.42. The molecule has 0 spiro atoms. The summed E-state index contributed by atoms with van der Waals surface area (Å²) in [5, 5.41) is 3.90. The van der Waals surface area contributed by atoms with Crippen molar-refractivity contribution in [3.05, 3.63) is 57.0 Å². The van der Waals surface area contributed by atoms with Crippen LogP contribution < -0.4 is 10.1 Å². The van der Waals surface area contributed by atoms with Crippen molar-refractivity contribution < 1.29 is 4.74 Å². The summed E-state index contributed by atoms with van der Waals surface area (Å²) < 4.78 is 7.06. The molecule has 2 aromatic rings. The fourth-order valence-corrected chi connectivity index (χ4v) is 2.41. The zero-order valence-electron chi connectivity index (χ0n) is 11.7. The number of ether oxygens (including phenoxy) is 1. The van der Waals surface area contributed by atoms with E-state index in [2.05, 4.69) is 34.2 Å². The molecule has 0 heterocycles. The third-order valence-corrected chi connectivity index (χ3v) is 3.97. The van der Waals surface area contributed by atoms with Crippen LogP contribution in [0.5, 0.6) is 11.5 Å². The summed E-state index contributed by atoms with van der Waals surface area (Å²) in [5.74, 6) is 1.60. The van der Waals surface area contributed by atoms with Crippen molar-refractivity contribution in [1.29, 1.82) is 0 Å². The first-order valence-corrected chi connectivity index (χ1v) is 7.59. The molecule has 4 heteroatoms. The van der Waals surface area contributed by atoms with Crippen molar-refractivity contribution in [1.82, 2.24) is 5.32 Å². The van der Waals surface area contributed by atoms with Crippen LogP contribution in [0.4, 0.5) is 0 Å². The molecule has 20 heavy (non-hydrogen) atoms. The fourth-order valence-electron chi connectivity index (χ4n) is 1.91. The minimum atomic E-state index is 0.206. The number of rotatable bonds is 4. The van der Waals surface area contributed by atoms with Gasteiger partial charge in [0.05, 0.1) is 0 Å². The van der Waals surface area contributed by atoms with Gasteiger partial charge >= 0.3 is 0 Å². The lowest BCUT2D eigenvalue weighted by atomic mass is 10.1. The summed E-state index contributed by atoms with van der Waals surface area (Å²) in [6, 6.07) is 11.9. The summed E-state index contributed by atoms with van der Waals surface area (Å²) >= 11 is 9.53. The molecule has 0 aliphatic rings. The van der Waals surface area contributed by atoms with E-state index in [9.17, 15) is 0 Å². The van der Waals surface area contributed by atoms with Crippen molar-refractivity contribution in [3.63, 3.8) is 0 Å². The Balaban J connectivity index is 2.41. The summed E-state index contributed by atoms with van der Waals surface area (Å²) in [7, 11) is 1.93. The molecule has 1 atom stereocenters. The Labute approximate surface area is 133 Å². The molecule has 2 aromatic carbocycles. The van der Waals surface area contributed by atoms with Crippen LogP contribution in [0, 0.1) is 6.92 Å². The highest BCUT2D eigenvalue weighted by molar-refractivity contribution is 9.10. The maximum Gasteiger partial charge on any atom is 0.133 e. The zero-order valence-corrected chi connectivity index (χ0v) is 14.0. The van der Waals surface area contributed by atoms with E-state index in [0.29, 0.717) is 5.02 Å². The van der Waals surface area contributed by atoms with E-state index in [1.54, 1.807) is 0 Å². The van der Waals surface area contributed by atoms with Gasteiger partial charge in [0.1, 0.15) is 11.5 Å². The topological polar surface area (TPSA) is 21.3 Å². The molecular formula is C16H17BrClNO. The van der Waals surface area contributed by atoms with Crippen molar-refractivity contribution in [3.8, 4) is 11.5 Å². The molecule has 2 rings (SSSR count). The molecule has 0 bridgehead atoms. The number of aryl methyl sites for hydroxylation is 1. The van der Waals surface area contributed by atoms with Crippen molar-refractivity contribution in [2.75, 3.05) is 7.05 Å². The van der Waals surface area contributed by atoms with Crippen LogP contribution in [0.15, 0.2) is 40.9 Å². The average molecular weight is 355 g/mol. The number of benzene rings is 2. The molecule has 1 N–H and O–H groups in total. The van der Waals surface area contributed by atoms with E-state index >= 15 is 0 Å². The Kier molecular flexibility index (Phi) is 5.08. The average Bonchev–Trinajstić information content (AvgIpc) is 2.42. The quantitative estimate of drug-likeness (QED) is 0.784. The second-order valence-electron chi connectivity index (χ2n) is 4.70. The van der Waals surface area contributed by atoms with Gasteiger partial charge in [0.2, 0.25) is 0 Å². The third kappa shape index (κ3) is 3.54. The number of halogens is 2. The Morgan fingerprint density at radius 1 is 1.15 bits per heavy atom. The van der Waals surface area contributed by atoms with Crippen LogP contribution in [0.3, 0.4) is 0 Å². The molecule has 0 aliphatic carbocycles. The van der Waals surface area contributed by atoms with E-state index in [-0.39, 0.29) is 6.04 Å². The summed E-state index contributed by atoms with van der Waals surface area (Å²) in [6.45, 7) is 4.10. The van der Waals surface area contributed by atoms with Gasteiger partial charge in [-0.3, -0.25) is 0 Å². The second kappa shape index (κ2) is 6.61. The van der Waals surface area contributed by atoms with E-state index in [0.717, 1.165) is 27.1 Å². The Morgan fingerprint density at radius 3 is 2.60 bits per heavy atom. The van der Waals surface area contributed by atoms with Crippen LogP contribution >= 0.6 is 27.5 Å². The molecular weight excluding hydrogens is 338 g/mol. The molecule has 0 radical (unpaired) electrons. The highest BCUT2D eigenvalue weighted by Crippen LogP contribution is 2.34. The lowest BCUT2D eigenvalue weighted by Crippen LogP contribution is -2.13. The molecule has 1 unspecified atom stereocenters. The third-order valence-electron chi connectivity index (χ3n) is 3.25. The predicted octanol–water partition coefficient (Wildman–Crippen LogP) is 5.48. The maximum atomic E-state index is 6.07. The molecule has 2 nitrogen and oxygen atoms in total. The van der Waals surface area contributed by atoms with Crippen LogP contribution in [0.25, 0.3) is 0 Å². The summed E-state index contributed by atoms with van der Waals surface area (Å²) in [5.41, 5.74) is 2.16. The van der Waals surface area contributed by atoms with Gasteiger partial charge < -0.3 is 10.1 Å². The lowest BCUT2D eigenvalue weighted by Gasteiger charge is -2.17. The van der Waals surface area contributed by atoms with E-state index in [1.165, 1.54) is 0 Å². The van der Waals surface area contributed by atoms with Gasteiger partial charge in [-0.2, -0.15) is 0 Å². The van der Waals surface area contributed by atoms with Gasteiger partial charge in [-0.05, 0) is 50.7 Å². The minimum Gasteiger partial charge on any atom is -0.457 e. The molecule has 106 valence electrons. The minimum absolute atomic E-state index is 0.206. The monoisotopic (exact) mass is 353 g/mol. The van der Waals surface area contributed by atoms with Gasteiger partial charge in [0.15, 0.2) is 0 Å². The second-order valence-corrected chi connectivity index (χ2v) is 6.06. The normalized spacial score (nSPS) is 12.2. The maximum absolute atomic E-state index is 6.07. The van der Waals surface area contributed by atoms with Crippen molar-refractivity contribution in [2.45, 2.75) is 19.9 Å². The van der Waals surface area contributed by atoms with Gasteiger partial charge in [-0.15, -0.1) is 0 Å². The highest BCUT2D eigenvalue weighted by atomic mass is 79.9. The van der Waals surface area contributed by atoms with Crippen LogP contribution in [0.1, 0.15) is 24.1 Å². The lowest BCUT2D eigenvalue weighted by molar-refractivity contribution is 0.463. The Hall–Kier alpha value is -1.03. The van der Waals surface area contributed by atoms with E-state index < -0.39 is 0 Å². The van der Waals surface area contributed by atoms with Crippen LogP contribution in [-0.4, -0.2) is 7.05 Å². The molecule has 0 amide bonds. The summed E-state index contributed by atoms with van der Waals surface area (Å²) in [6.07, 6.45) is 0. The Bertz CT molecular complexity index is 615. The van der Waals surface area contributed by atoms with Gasteiger partial charge in [0.25, 0.3) is 0 Å². The van der Waals surface area contributed by atoms with Gasteiger partial charge in [-0.1, -0.05) is 39.7 Å². The van der Waals surface area contributed by atoms with E-state index in [1.807, 2.05) is 44.3 Å². The molecule has 0 aliphatic heterocycles. The fraction of sp³-hybridized carbons (Fsp3) is 0.250. The largest absolute Gasteiger partial charge is 0.457 e. The molecule has 0 fully saturated rings. The SMILES string of the molecule is CNC(C)c1ccc(Br)cc1Oc1cc(Cl)ccc1C. The van der Waals surface area contributed by atoms with Crippen LogP contribution in [-0.2, 0) is 0 Å². The van der Waals surface area contributed by atoms with Gasteiger partial charge in [-0.25, -0.2) is 0 Å². The summed E-state index contributed by atoms with van der Waals surface area (Å²) in [4.78, 5) is 0. The molecule has 0 aromatic heterocycles. The Morgan fingerprint density at radius 2 is 1.90 bits per heavy atom. The van der Waals surface area contributed by atoms with Crippen molar-refractivity contribution >= 4 is 27.5 Å². The molecule has 0 saturated carbocycles. The zero-order chi connectivity index (χ0) is 14.7. The first-order chi connectivity index (χ1) is 9.51. The molecule has 0 saturated heterocycles. The highest BCUT2D eigenvalue weighted by Gasteiger charge is 2.12. The predicted molar refractivity (Wildman–Crippen MR) is 87.9 cm³/mol. The van der Waals surface area contributed by atoms with Gasteiger partial charge in [0, 0.05) is 21.1 Å². The van der Waals surface area contributed by atoms with E-state index in [4.69, 9.17) is 16.3 Å². The number of nitrogens with one attached hydrogen (secondary N) is 1. The standard InChI is InChI=1S/C16H17BrClNO/c1-10-4-6-13(18)9-15(10)20-16-8-12(17)5-7-14(16)11(2)19-3/h4-9,11,19H,1-3H3. The first kappa shape index (κ1) is 15.4.